The summed E-state index contributed by atoms with van der Waals surface area (Å²) in [5.41, 5.74) is 4.64. The smallest absolute Gasteiger partial charge is 0.267 e. The first kappa shape index (κ1) is 15.2. The summed E-state index contributed by atoms with van der Waals surface area (Å²) in [5, 5.41) is 8.31. The van der Waals surface area contributed by atoms with E-state index in [9.17, 15) is 4.79 Å². The van der Waals surface area contributed by atoms with E-state index in [4.69, 9.17) is 0 Å². The third kappa shape index (κ3) is 3.17. The van der Waals surface area contributed by atoms with Gasteiger partial charge in [-0.3, -0.25) is 4.79 Å². The maximum absolute atomic E-state index is 12.4. The predicted molar refractivity (Wildman–Crippen MR) is 97.8 cm³/mol. The number of fused-ring (bicyclic) bond motifs is 1. The van der Waals surface area contributed by atoms with Crippen molar-refractivity contribution in [2.45, 2.75) is 13.5 Å². The molecule has 0 saturated heterocycles. The van der Waals surface area contributed by atoms with E-state index < -0.39 is 0 Å². The van der Waals surface area contributed by atoms with Crippen LogP contribution < -0.4 is 5.32 Å². The number of H-pyrrole nitrogens is 1. The van der Waals surface area contributed by atoms with Crippen LogP contribution in [-0.4, -0.2) is 20.7 Å². The molecule has 0 aliphatic carbocycles. The second kappa shape index (κ2) is 6.28. The molecule has 2 heterocycles. The van der Waals surface area contributed by atoms with Gasteiger partial charge in [0.1, 0.15) is 5.69 Å². The molecule has 2 N–H and O–H groups in total. The van der Waals surface area contributed by atoms with Gasteiger partial charge in [-0.15, -0.1) is 0 Å². The van der Waals surface area contributed by atoms with Gasteiger partial charge in [0.05, 0.1) is 11.9 Å². The van der Waals surface area contributed by atoms with Gasteiger partial charge in [0, 0.05) is 29.2 Å². The van der Waals surface area contributed by atoms with E-state index in [2.05, 4.69) is 15.4 Å². The van der Waals surface area contributed by atoms with Crippen LogP contribution in [0.2, 0.25) is 0 Å². The highest BCUT2D eigenvalue weighted by atomic mass is 16.1. The number of aromatic nitrogens is 3. The Kier molecular flexibility index (Phi) is 3.82. The SMILES string of the molecule is Cc1ccc2cc(C(=O)NCc3cnn(-c4ccccc4)c3)[nH]c2c1. The van der Waals surface area contributed by atoms with Crippen LogP contribution >= 0.6 is 0 Å². The first-order valence-corrected chi connectivity index (χ1v) is 8.15. The molecule has 0 fully saturated rings. The predicted octanol–water partition coefficient (Wildman–Crippen LogP) is 3.59. The Balaban J connectivity index is 1.45. The number of nitrogens with one attached hydrogen (secondary N) is 2. The highest BCUT2D eigenvalue weighted by molar-refractivity contribution is 5.98. The number of amides is 1. The van der Waals surface area contributed by atoms with E-state index in [1.165, 1.54) is 0 Å². The van der Waals surface area contributed by atoms with Gasteiger partial charge in [-0.25, -0.2) is 4.68 Å². The van der Waals surface area contributed by atoms with Crippen molar-refractivity contribution in [3.63, 3.8) is 0 Å². The number of para-hydroxylation sites is 1. The van der Waals surface area contributed by atoms with Crippen molar-refractivity contribution >= 4 is 16.8 Å². The number of aryl methyl sites for hydroxylation is 1. The fraction of sp³-hybridized carbons (Fsp3) is 0.100. The summed E-state index contributed by atoms with van der Waals surface area (Å²) in [7, 11) is 0. The van der Waals surface area contributed by atoms with Crippen molar-refractivity contribution in [1.82, 2.24) is 20.1 Å². The standard InChI is InChI=1S/C20H18N4O/c1-14-7-8-16-10-19(23-18(16)9-14)20(25)21-11-15-12-22-24(13-15)17-5-3-2-4-6-17/h2-10,12-13,23H,11H2,1H3,(H,21,25). The second-order valence-electron chi connectivity index (χ2n) is 6.09. The average Bonchev–Trinajstić information content (AvgIpc) is 3.27. The molecule has 2 aromatic heterocycles. The van der Waals surface area contributed by atoms with Crippen molar-refractivity contribution in [2.24, 2.45) is 0 Å². The largest absolute Gasteiger partial charge is 0.351 e. The third-order valence-electron chi connectivity index (χ3n) is 4.13. The fourth-order valence-corrected chi connectivity index (χ4v) is 2.81. The van der Waals surface area contributed by atoms with Gasteiger partial charge < -0.3 is 10.3 Å². The number of rotatable bonds is 4. The van der Waals surface area contributed by atoms with Crippen LogP contribution in [0.5, 0.6) is 0 Å². The Bertz CT molecular complexity index is 1030. The van der Waals surface area contributed by atoms with Crippen molar-refractivity contribution in [2.75, 3.05) is 0 Å². The molecule has 0 bridgehead atoms. The number of carbonyl (C=O) groups is 1. The molecular weight excluding hydrogens is 312 g/mol. The van der Waals surface area contributed by atoms with Crippen LogP contribution in [-0.2, 0) is 6.54 Å². The van der Waals surface area contributed by atoms with Gasteiger partial charge in [-0.2, -0.15) is 5.10 Å². The molecule has 124 valence electrons. The molecule has 25 heavy (non-hydrogen) atoms. The zero-order valence-electron chi connectivity index (χ0n) is 13.9. The molecule has 0 aliphatic heterocycles. The highest BCUT2D eigenvalue weighted by Crippen LogP contribution is 2.17. The van der Waals surface area contributed by atoms with E-state index in [-0.39, 0.29) is 5.91 Å². The quantitative estimate of drug-likeness (QED) is 0.600. The summed E-state index contributed by atoms with van der Waals surface area (Å²) < 4.78 is 1.80. The van der Waals surface area contributed by atoms with Crippen LogP contribution in [0.4, 0.5) is 0 Å². The molecule has 2 aromatic carbocycles. The molecule has 0 radical (unpaired) electrons. The summed E-state index contributed by atoms with van der Waals surface area (Å²) in [6, 6.07) is 17.8. The van der Waals surface area contributed by atoms with Crippen LogP contribution in [0.25, 0.3) is 16.6 Å². The Morgan fingerprint density at radius 1 is 1.16 bits per heavy atom. The highest BCUT2D eigenvalue weighted by Gasteiger charge is 2.10. The van der Waals surface area contributed by atoms with E-state index in [0.29, 0.717) is 12.2 Å². The normalized spacial score (nSPS) is 10.9. The number of hydrogen-bond acceptors (Lipinski definition) is 2. The fourth-order valence-electron chi connectivity index (χ4n) is 2.81. The van der Waals surface area contributed by atoms with Crippen LogP contribution in [0.3, 0.4) is 0 Å². The van der Waals surface area contributed by atoms with Crippen molar-refractivity contribution in [3.05, 3.63) is 83.8 Å². The molecule has 0 atom stereocenters. The maximum atomic E-state index is 12.4. The number of carbonyl (C=O) groups excluding carboxylic acids is 1. The molecule has 0 saturated carbocycles. The topological polar surface area (TPSA) is 62.7 Å². The van der Waals surface area contributed by atoms with Crippen molar-refractivity contribution < 1.29 is 4.79 Å². The average molecular weight is 330 g/mol. The number of hydrogen-bond donors (Lipinski definition) is 2. The van der Waals surface area contributed by atoms with Gasteiger partial charge >= 0.3 is 0 Å². The van der Waals surface area contributed by atoms with Gasteiger partial charge in [-0.05, 0) is 36.8 Å². The number of aromatic amines is 1. The van der Waals surface area contributed by atoms with E-state index in [1.807, 2.05) is 67.7 Å². The van der Waals surface area contributed by atoms with Crippen LogP contribution in [0.1, 0.15) is 21.6 Å². The lowest BCUT2D eigenvalue weighted by Crippen LogP contribution is -2.22. The van der Waals surface area contributed by atoms with E-state index >= 15 is 0 Å². The van der Waals surface area contributed by atoms with E-state index in [1.54, 1.807) is 10.9 Å². The zero-order valence-corrected chi connectivity index (χ0v) is 13.9. The van der Waals surface area contributed by atoms with Crippen LogP contribution in [0.15, 0.2) is 67.0 Å². The van der Waals surface area contributed by atoms with Crippen LogP contribution in [0, 0.1) is 6.92 Å². The minimum absolute atomic E-state index is 0.124. The third-order valence-corrected chi connectivity index (χ3v) is 4.13. The second-order valence-corrected chi connectivity index (χ2v) is 6.09. The van der Waals surface area contributed by atoms with Gasteiger partial charge in [-0.1, -0.05) is 30.3 Å². The molecule has 4 aromatic rings. The minimum atomic E-state index is -0.124. The van der Waals surface area contributed by atoms with Gasteiger partial charge in [0.25, 0.3) is 5.91 Å². The zero-order chi connectivity index (χ0) is 17.2. The molecule has 5 heteroatoms. The first-order valence-electron chi connectivity index (χ1n) is 8.15. The van der Waals surface area contributed by atoms with Gasteiger partial charge in [0.15, 0.2) is 0 Å². The lowest BCUT2D eigenvalue weighted by molar-refractivity contribution is 0.0947. The Hall–Kier alpha value is -3.34. The molecular formula is C20H18N4O. The van der Waals surface area contributed by atoms with Crippen molar-refractivity contribution in [3.8, 4) is 5.69 Å². The maximum Gasteiger partial charge on any atom is 0.267 e. The molecule has 0 unspecified atom stereocenters. The Morgan fingerprint density at radius 2 is 2.00 bits per heavy atom. The molecule has 5 nitrogen and oxygen atoms in total. The number of benzene rings is 2. The summed E-state index contributed by atoms with van der Waals surface area (Å²) in [5.74, 6) is -0.124. The van der Waals surface area contributed by atoms with Crippen molar-refractivity contribution in [1.29, 1.82) is 0 Å². The summed E-state index contributed by atoms with van der Waals surface area (Å²) in [6.07, 6.45) is 3.69. The lowest BCUT2D eigenvalue weighted by atomic mass is 10.2. The molecule has 4 rings (SSSR count). The summed E-state index contributed by atoms with van der Waals surface area (Å²) >= 11 is 0. The van der Waals surface area contributed by atoms with E-state index in [0.717, 1.165) is 27.7 Å². The summed E-state index contributed by atoms with van der Waals surface area (Å²) in [4.78, 5) is 15.6. The summed E-state index contributed by atoms with van der Waals surface area (Å²) in [6.45, 7) is 2.46. The minimum Gasteiger partial charge on any atom is -0.351 e. The Labute approximate surface area is 145 Å². The molecule has 1 amide bonds. The monoisotopic (exact) mass is 330 g/mol. The Morgan fingerprint density at radius 3 is 2.84 bits per heavy atom. The van der Waals surface area contributed by atoms with Gasteiger partial charge in [0.2, 0.25) is 0 Å². The molecule has 0 spiro atoms. The first-order chi connectivity index (χ1) is 12.2. The molecule has 0 aliphatic rings. The number of nitrogens with zero attached hydrogens (tertiary/aromatic N) is 2. The lowest BCUT2D eigenvalue weighted by Gasteiger charge is -2.01.